The van der Waals surface area contributed by atoms with Crippen molar-refractivity contribution in [1.82, 2.24) is 4.90 Å². The van der Waals surface area contributed by atoms with Gasteiger partial charge in [-0.3, -0.25) is 9.69 Å². The van der Waals surface area contributed by atoms with Gasteiger partial charge in [0.05, 0.1) is 5.92 Å². The van der Waals surface area contributed by atoms with Crippen molar-refractivity contribution in [2.45, 2.75) is 51.5 Å². The third kappa shape index (κ3) is 2.57. The van der Waals surface area contributed by atoms with Gasteiger partial charge in [0.15, 0.2) is 0 Å². The third-order valence-corrected chi connectivity index (χ3v) is 4.26. The molecule has 3 heteroatoms. The second kappa shape index (κ2) is 5.17. The van der Waals surface area contributed by atoms with Crippen LogP contribution in [-0.4, -0.2) is 35.1 Å². The van der Waals surface area contributed by atoms with E-state index in [0.29, 0.717) is 12.0 Å². The minimum atomic E-state index is -0.581. The fraction of sp³-hybridized carbons (Fsp3) is 0.923. The summed E-state index contributed by atoms with van der Waals surface area (Å²) in [5.41, 5.74) is 0. The van der Waals surface area contributed by atoms with Crippen molar-refractivity contribution in [2.75, 3.05) is 13.1 Å². The molecule has 0 radical (unpaired) electrons. The molecule has 3 atom stereocenters. The van der Waals surface area contributed by atoms with Crippen LogP contribution in [-0.2, 0) is 4.79 Å². The molecule has 1 heterocycles. The van der Waals surface area contributed by atoms with E-state index in [2.05, 4.69) is 11.8 Å². The monoisotopic (exact) mass is 225 g/mol. The molecule has 0 aromatic carbocycles. The van der Waals surface area contributed by atoms with Crippen LogP contribution in [0.2, 0.25) is 0 Å². The average Bonchev–Trinajstić information content (AvgIpc) is 2.29. The molecule has 0 aromatic heterocycles. The summed E-state index contributed by atoms with van der Waals surface area (Å²) in [6.07, 6.45) is 6.85. The van der Waals surface area contributed by atoms with Crippen molar-refractivity contribution < 1.29 is 9.90 Å². The van der Waals surface area contributed by atoms with Gasteiger partial charge >= 0.3 is 5.97 Å². The molecular weight excluding hydrogens is 202 g/mol. The predicted octanol–water partition coefficient (Wildman–Crippen LogP) is 2.36. The van der Waals surface area contributed by atoms with Gasteiger partial charge in [0.25, 0.3) is 0 Å². The highest BCUT2D eigenvalue weighted by Gasteiger charge is 2.37. The summed E-state index contributed by atoms with van der Waals surface area (Å²) in [6.45, 7) is 4.48. The number of nitrogens with zero attached hydrogens (tertiary/aromatic N) is 1. The molecule has 92 valence electrons. The molecule has 0 aromatic rings. The lowest BCUT2D eigenvalue weighted by atomic mass is 9.78. The van der Waals surface area contributed by atoms with Crippen LogP contribution in [0.4, 0.5) is 0 Å². The smallest absolute Gasteiger partial charge is 0.308 e. The second-order valence-corrected chi connectivity index (χ2v) is 5.53. The Morgan fingerprint density at radius 3 is 2.50 bits per heavy atom. The Balaban J connectivity index is 2.03. The average molecular weight is 225 g/mol. The van der Waals surface area contributed by atoms with Crippen LogP contribution in [0, 0.1) is 11.8 Å². The van der Waals surface area contributed by atoms with Crippen LogP contribution < -0.4 is 0 Å². The predicted molar refractivity (Wildman–Crippen MR) is 63.4 cm³/mol. The summed E-state index contributed by atoms with van der Waals surface area (Å²) in [4.78, 5) is 13.7. The first kappa shape index (κ1) is 11.9. The molecule has 16 heavy (non-hydrogen) atoms. The fourth-order valence-electron chi connectivity index (χ4n) is 3.29. The number of carboxylic acids is 1. The molecule has 2 fully saturated rings. The first-order chi connectivity index (χ1) is 7.68. The van der Waals surface area contributed by atoms with Crippen LogP contribution in [0.3, 0.4) is 0 Å². The molecule has 3 nitrogen and oxygen atoms in total. The van der Waals surface area contributed by atoms with Crippen molar-refractivity contribution in [3.63, 3.8) is 0 Å². The number of rotatable bonds is 2. The highest BCUT2D eigenvalue weighted by atomic mass is 16.4. The normalized spacial score (nSPS) is 37.2. The number of likely N-dealkylation sites (tertiary alicyclic amines) is 1. The Morgan fingerprint density at radius 1 is 1.19 bits per heavy atom. The second-order valence-electron chi connectivity index (χ2n) is 5.53. The summed E-state index contributed by atoms with van der Waals surface area (Å²) in [5, 5.41) is 9.30. The van der Waals surface area contributed by atoms with Crippen molar-refractivity contribution in [1.29, 1.82) is 0 Å². The maximum Gasteiger partial charge on any atom is 0.308 e. The number of carboxylic acid groups (broad SMARTS) is 1. The third-order valence-electron chi connectivity index (χ3n) is 4.26. The first-order valence-electron chi connectivity index (χ1n) is 6.65. The zero-order valence-corrected chi connectivity index (χ0v) is 10.2. The summed E-state index contributed by atoms with van der Waals surface area (Å²) in [7, 11) is 0. The maximum absolute atomic E-state index is 11.3. The number of hydrogen-bond acceptors (Lipinski definition) is 2. The van der Waals surface area contributed by atoms with E-state index in [0.717, 1.165) is 32.4 Å². The summed E-state index contributed by atoms with van der Waals surface area (Å²) < 4.78 is 0. The van der Waals surface area contributed by atoms with E-state index in [1.165, 1.54) is 19.3 Å². The number of piperidine rings is 1. The summed E-state index contributed by atoms with van der Waals surface area (Å²) in [6, 6.07) is 0.307. The summed E-state index contributed by atoms with van der Waals surface area (Å²) in [5.74, 6) is -0.000648. The van der Waals surface area contributed by atoms with Gasteiger partial charge in [0.2, 0.25) is 0 Å². The van der Waals surface area contributed by atoms with Gasteiger partial charge in [0.1, 0.15) is 0 Å². The largest absolute Gasteiger partial charge is 0.481 e. The highest BCUT2D eigenvalue weighted by molar-refractivity contribution is 5.71. The van der Waals surface area contributed by atoms with Crippen LogP contribution >= 0.6 is 0 Å². The lowest BCUT2D eigenvalue weighted by Crippen LogP contribution is -2.48. The quantitative estimate of drug-likeness (QED) is 0.784. The first-order valence-corrected chi connectivity index (χ1v) is 6.65. The minimum Gasteiger partial charge on any atom is -0.481 e. The molecule has 1 aliphatic carbocycles. The van der Waals surface area contributed by atoms with Crippen LogP contribution in [0.5, 0.6) is 0 Å². The maximum atomic E-state index is 11.3. The lowest BCUT2D eigenvalue weighted by molar-refractivity contribution is -0.146. The minimum absolute atomic E-state index is 0.116. The zero-order chi connectivity index (χ0) is 11.5. The molecule has 1 saturated carbocycles. The Kier molecular flexibility index (Phi) is 3.85. The van der Waals surface area contributed by atoms with Crippen molar-refractivity contribution >= 4 is 5.97 Å². The highest BCUT2D eigenvalue weighted by Crippen LogP contribution is 2.33. The standard InChI is InChI=1S/C13H23NO2/c1-10-5-6-11(13(15)16)12(9-10)14-7-3-2-4-8-14/h10-12H,2-9H2,1H3,(H,15,16). The van der Waals surface area contributed by atoms with Crippen molar-refractivity contribution in [3.8, 4) is 0 Å². The molecule has 1 saturated heterocycles. The Morgan fingerprint density at radius 2 is 1.88 bits per heavy atom. The Hall–Kier alpha value is -0.570. The molecule has 0 bridgehead atoms. The molecule has 2 aliphatic rings. The van der Waals surface area contributed by atoms with E-state index in [9.17, 15) is 9.90 Å². The van der Waals surface area contributed by atoms with Crippen LogP contribution in [0.1, 0.15) is 45.4 Å². The van der Waals surface area contributed by atoms with Gasteiger partial charge < -0.3 is 5.11 Å². The zero-order valence-electron chi connectivity index (χ0n) is 10.2. The summed E-state index contributed by atoms with van der Waals surface area (Å²) >= 11 is 0. The van der Waals surface area contributed by atoms with E-state index in [1.54, 1.807) is 0 Å². The van der Waals surface area contributed by atoms with Gasteiger partial charge in [-0.15, -0.1) is 0 Å². The van der Waals surface area contributed by atoms with Crippen LogP contribution in [0.15, 0.2) is 0 Å². The van der Waals surface area contributed by atoms with E-state index >= 15 is 0 Å². The van der Waals surface area contributed by atoms with Crippen molar-refractivity contribution in [2.24, 2.45) is 11.8 Å². The molecule has 1 N–H and O–H groups in total. The Bertz CT molecular complexity index is 248. The number of aliphatic carboxylic acids is 1. The van der Waals surface area contributed by atoms with E-state index in [4.69, 9.17) is 0 Å². The Labute approximate surface area is 97.8 Å². The van der Waals surface area contributed by atoms with Gasteiger partial charge in [-0.1, -0.05) is 13.3 Å². The number of hydrogen-bond donors (Lipinski definition) is 1. The van der Waals surface area contributed by atoms with Gasteiger partial charge in [-0.05, 0) is 51.1 Å². The SMILES string of the molecule is CC1CCC(C(=O)O)C(N2CCCCC2)C1. The van der Waals surface area contributed by atoms with Crippen LogP contribution in [0.25, 0.3) is 0 Å². The topological polar surface area (TPSA) is 40.5 Å². The van der Waals surface area contributed by atoms with E-state index < -0.39 is 5.97 Å². The van der Waals surface area contributed by atoms with E-state index in [-0.39, 0.29) is 5.92 Å². The van der Waals surface area contributed by atoms with Crippen molar-refractivity contribution in [3.05, 3.63) is 0 Å². The van der Waals surface area contributed by atoms with Gasteiger partial charge in [-0.25, -0.2) is 0 Å². The fourth-order valence-corrected chi connectivity index (χ4v) is 3.29. The molecule has 0 spiro atoms. The molecule has 2 rings (SSSR count). The molecule has 1 aliphatic heterocycles. The van der Waals surface area contributed by atoms with E-state index in [1.807, 2.05) is 0 Å². The molecule has 0 amide bonds. The molecule has 3 unspecified atom stereocenters. The van der Waals surface area contributed by atoms with Gasteiger partial charge in [0, 0.05) is 6.04 Å². The lowest BCUT2D eigenvalue weighted by Gasteiger charge is -2.42. The number of carbonyl (C=O) groups is 1. The molecular formula is C13H23NO2. The van der Waals surface area contributed by atoms with Gasteiger partial charge in [-0.2, -0.15) is 0 Å².